The Morgan fingerprint density at radius 1 is 1.50 bits per heavy atom. The maximum absolute atomic E-state index is 11.3. The number of rotatable bonds is 3. The number of cyclic esters (lactones) is 1. The standard InChI is InChI=1S/C12H12O4/c1-7-8(11(5-13)15-2)3-4-9-10(7)6-16-12(9)14/h3-5,11H,6H2,1-2H3/t11-/m1/s1. The maximum Gasteiger partial charge on any atom is 0.338 e. The van der Waals surface area contributed by atoms with Crippen LogP contribution in [0.3, 0.4) is 0 Å². The first-order chi connectivity index (χ1) is 7.69. The Kier molecular flexibility index (Phi) is 2.75. The molecule has 1 aliphatic rings. The van der Waals surface area contributed by atoms with Crippen LogP contribution in [0.25, 0.3) is 0 Å². The molecule has 1 aliphatic heterocycles. The highest BCUT2D eigenvalue weighted by molar-refractivity contribution is 5.94. The second-order valence-electron chi connectivity index (χ2n) is 3.67. The Morgan fingerprint density at radius 3 is 2.88 bits per heavy atom. The van der Waals surface area contributed by atoms with Gasteiger partial charge in [0, 0.05) is 12.7 Å². The van der Waals surface area contributed by atoms with Crippen LogP contribution in [-0.4, -0.2) is 19.4 Å². The highest BCUT2D eigenvalue weighted by Crippen LogP contribution is 2.29. The summed E-state index contributed by atoms with van der Waals surface area (Å²) in [5.41, 5.74) is 3.12. The minimum Gasteiger partial charge on any atom is -0.457 e. The van der Waals surface area contributed by atoms with E-state index in [1.54, 1.807) is 12.1 Å². The lowest BCUT2D eigenvalue weighted by Gasteiger charge is -2.13. The minimum absolute atomic E-state index is 0.281. The van der Waals surface area contributed by atoms with Crippen LogP contribution in [0.5, 0.6) is 0 Å². The fourth-order valence-corrected chi connectivity index (χ4v) is 1.93. The number of fused-ring (bicyclic) bond motifs is 1. The molecule has 4 heteroatoms. The van der Waals surface area contributed by atoms with Gasteiger partial charge in [0.1, 0.15) is 12.7 Å². The lowest BCUT2D eigenvalue weighted by atomic mass is 9.96. The number of ether oxygens (including phenoxy) is 2. The van der Waals surface area contributed by atoms with Crippen molar-refractivity contribution >= 4 is 12.3 Å². The van der Waals surface area contributed by atoms with Crippen molar-refractivity contribution < 1.29 is 19.1 Å². The predicted octanol–water partition coefficient (Wildman–Crippen LogP) is 1.55. The third-order valence-corrected chi connectivity index (χ3v) is 2.89. The van der Waals surface area contributed by atoms with Crippen molar-refractivity contribution in [1.29, 1.82) is 0 Å². The molecule has 0 aliphatic carbocycles. The fourth-order valence-electron chi connectivity index (χ4n) is 1.93. The summed E-state index contributed by atoms with van der Waals surface area (Å²) in [5, 5.41) is 0. The van der Waals surface area contributed by atoms with Crippen LogP contribution in [0.15, 0.2) is 12.1 Å². The number of methoxy groups -OCH3 is 1. The Labute approximate surface area is 93.2 Å². The molecule has 1 atom stereocenters. The second kappa shape index (κ2) is 4.06. The predicted molar refractivity (Wildman–Crippen MR) is 56.1 cm³/mol. The molecular weight excluding hydrogens is 208 g/mol. The van der Waals surface area contributed by atoms with Gasteiger partial charge in [-0.25, -0.2) is 4.79 Å². The summed E-state index contributed by atoms with van der Waals surface area (Å²) in [5.74, 6) is -0.301. The highest BCUT2D eigenvalue weighted by atomic mass is 16.5. The molecule has 0 bridgehead atoms. The minimum atomic E-state index is -0.582. The zero-order valence-electron chi connectivity index (χ0n) is 9.15. The van der Waals surface area contributed by atoms with Gasteiger partial charge in [-0.2, -0.15) is 0 Å². The molecule has 0 fully saturated rings. The Bertz CT molecular complexity index is 451. The van der Waals surface area contributed by atoms with Crippen LogP contribution in [0.4, 0.5) is 0 Å². The number of carbonyl (C=O) groups excluding carboxylic acids is 2. The molecule has 1 heterocycles. The van der Waals surface area contributed by atoms with E-state index < -0.39 is 6.10 Å². The molecule has 0 radical (unpaired) electrons. The van der Waals surface area contributed by atoms with Gasteiger partial charge in [-0.15, -0.1) is 0 Å². The van der Waals surface area contributed by atoms with E-state index in [0.29, 0.717) is 5.56 Å². The summed E-state index contributed by atoms with van der Waals surface area (Å²) >= 11 is 0. The molecule has 0 N–H and O–H groups in total. The molecule has 4 nitrogen and oxygen atoms in total. The zero-order valence-corrected chi connectivity index (χ0v) is 9.15. The average Bonchev–Trinajstić information content (AvgIpc) is 2.66. The van der Waals surface area contributed by atoms with Crippen molar-refractivity contribution in [2.45, 2.75) is 19.6 Å². The molecule has 16 heavy (non-hydrogen) atoms. The highest BCUT2D eigenvalue weighted by Gasteiger charge is 2.25. The lowest BCUT2D eigenvalue weighted by Crippen LogP contribution is -2.07. The van der Waals surface area contributed by atoms with Crippen LogP contribution in [0.2, 0.25) is 0 Å². The maximum atomic E-state index is 11.3. The lowest BCUT2D eigenvalue weighted by molar-refractivity contribution is -0.116. The van der Waals surface area contributed by atoms with Gasteiger partial charge in [0.25, 0.3) is 0 Å². The summed E-state index contributed by atoms with van der Waals surface area (Å²) < 4.78 is 10.00. The number of hydrogen-bond donors (Lipinski definition) is 0. The van der Waals surface area contributed by atoms with Crippen molar-refractivity contribution in [2.75, 3.05) is 7.11 Å². The van der Waals surface area contributed by atoms with E-state index >= 15 is 0 Å². The largest absolute Gasteiger partial charge is 0.457 e. The quantitative estimate of drug-likeness (QED) is 0.573. The zero-order chi connectivity index (χ0) is 11.7. The summed E-state index contributed by atoms with van der Waals surface area (Å²) in [4.78, 5) is 22.1. The van der Waals surface area contributed by atoms with E-state index in [9.17, 15) is 9.59 Å². The monoisotopic (exact) mass is 220 g/mol. The van der Waals surface area contributed by atoms with E-state index in [1.807, 2.05) is 6.92 Å². The van der Waals surface area contributed by atoms with Crippen molar-refractivity contribution in [3.05, 3.63) is 34.4 Å². The van der Waals surface area contributed by atoms with Crippen molar-refractivity contribution in [3.8, 4) is 0 Å². The number of benzene rings is 1. The molecule has 0 unspecified atom stereocenters. The first kappa shape index (κ1) is 10.8. The normalized spacial score (nSPS) is 15.5. The van der Waals surface area contributed by atoms with E-state index in [2.05, 4.69) is 0 Å². The summed E-state index contributed by atoms with van der Waals surface area (Å²) in [6, 6.07) is 3.42. The summed E-state index contributed by atoms with van der Waals surface area (Å²) in [7, 11) is 1.48. The van der Waals surface area contributed by atoms with Gasteiger partial charge in [-0.05, 0) is 24.1 Å². The van der Waals surface area contributed by atoms with Gasteiger partial charge >= 0.3 is 5.97 Å². The van der Waals surface area contributed by atoms with E-state index in [1.165, 1.54) is 7.11 Å². The SMILES string of the molecule is CO[C@H](C=O)c1ccc2c(c1C)COC2=O. The van der Waals surface area contributed by atoms with Gasteiger partial charge in [0.15, 0.2) is 6.29 Å². The van der Waals surface area contributed by atoms with Gasteiger partial charge < -0.3 is 14.3 Å². The fraction of sp³-hybridized carbons (Fsp3) is 0.333. The van der Waals surface area contributed by atoms with E-state index in [4.69, 9.17) is 9.47 Å². The molecule has 0 aromatic heterocycles. The van der Waals surface area contributed by atoms with E-state index in [0.717, 1.165) is 23.0 Å². The molecule has 0 amide bonds. The van der Waals surface area contributed by atoms with Crippen molar-refractivity contribution in [2.24, 2.45) is 0 Å². The molecule has 2 rings (SSSR count). The topological polar surface area (TPSA) is 52.6 Å². The van der Waals surface area contributed by atoms with Gasteiger partial charge in [-0.3, -0.25) is 0 Å². The summed E-state index contributed by atoms with van der Waals surface area (Å²) in [6.45, 7) is 2.15. The van der Waals surface area contributed by atoms with Crippen LogP contribution >= 0.6 is 0 Å². The molecular formula is C12H12O4. The van der Waals surface area contributed by atoms with Crippen molar-refractivity contribution in [1.82, 2.24) is 0 Å². The Morgan fingerprint density at radius 2 is 2.25 bits per heavy atom. The second-order valence-corrected chi connectivity index (χ2v) is 3.67. The summed E-state index contributed by atoms with van der Waals surface area (Å²) in [6.07, 6.45) is 0.160. The first-order valence-corrected chi connectivity index (χ1v) is 4.96. The van der Waals surface area contributed by atoms with E-state index in [-0.39, 0.29) is 12.6 Å². The Balaban J connectivity index is 2.51. The first-order valence-electron chi connectivity index (χ1n) is 4.96. The van der Waals surface area contributed by atoms with Crippen LogP contribution in [0.1, 0.15) is 33.2 Å². The van der Waals surface area contributed by atoms with Gasteiger partial charge in [-0.1, -0.05) is 6.07 Å². The molecule has 84 valence electrons. The van der Waals surface area contributed by atoms with Crippen LogP contribution in [0, 0.1) is 6.92 Å². The third kappa shape index (κ3) is 1.51. The third-order valence-electron chi connectivity index (χ3n) is 2.89. The number of esters is 1. The molecule has 1 aromatic carbocycles. The number of hydrogen-bond acceptors (Lipinski definition) is 4. The van der Waals surface area contributed by atoms with Gasteiger partial charge in [0.05, 0.1) is 5.56 Å². The molecule has 0 saturated carbocycles. The van der Waals surface area contributed by atoms with Gasteiger partial charge in [0.2, 0.25) is 0 Å². The smallest absolute Gasteiger partial charge is 0.338 e. The van der Waals surface area contributed by atoms with Crippen LogP contribution < -0.4 is 0 Å². The molecule has 0 spiro atoms. The molecule has 1 aromatic rings. The average molecular weight is 220 g/mol. The Hall–Kier alpha value is -1.68. The number of carbonyl (C=O) groups is 2. The molecule has 0 saturated heterocycles. The van der Waals surface area contributed by atoms with Crippen molar-refractivity contribution in [3.63, 3.8) is 0 Å². The van der Waals surface area contributed by atoms with Crippen LogP contribution in [-0.2, 0) is 20.9 Å². The number of aldehydes is 1.